The largest absolute Gasteiger partial charge is 0.508 e. The molecule has 0 bridgehead atoms. The zero-order chi connectivity index (χ0) is 19.2. The first-order valence-corrected chi connectivity index (χ1v) is 8.71. The number of carbonyl (C=O) groups is 1. The number of oxazole rings is 1. The van der Waals surface area contributed by atoms with E-state index < -0.39 is 5.97 Å². The quantitative estimate of drug-likeness (QED) is 0.625. The number of hydrogen-bond donors (Lipinski definition) is 2. The number of ether oxygens (including phenoxy) is 1. The van der Waals surface area contributed by atoms with Crippen molar-refractivity contribution < 1.29 is 24.2 Å². The van der Waals surface area contributed by atoms with E-state index in [9.17, 15) is 9.90 Å². The van der Waals surface area contributed by atoms with Gasteiger partial charge in [0.15, 0.2) is 0 Å². The summed E-state index contributed by atoms with van der Waals surface area (Å²) in [5, 5.41) is 18.7. The molecule has 27 heavy (non-hydrogen) atoms. The maximum atomic E-state index is 10.6. The molecule has 0 atom stereocenters. The molecule has 1 aromatic heterocycles. The van der Waals surface area contributed by atoms with Gasteiger partial charge in [0.2, 0.25) is 5.89 Å². The summed E-state index contributed by atoms with van der Waals surface area (Å²) >= 11 is 0. The van der Waals surface area contributed by atoms with Gasteiger partial charge in [-0.1, -0.05) is 24.3 Å². The monoisotopic (exact) mass is 367 g/mol. The van der Waals surface area contributed by atoms with Crippen LogP contribution in [0.1, 0.15) is 23.4 Å². The maximum Gasteiger partial charge on any atom is 0.303 e. The fraction of sp³-hybridized carbons (Fsp3) is 0.238. The van der Waals surface area contributed by atoms with E-state index >= 15 is 0 Å². The second-order valence-corrected chi connectivity index (χ2v) is 6.17. The predicted octanol–water partition coefficient (Wildman–Crippen LogP) is 3.99. The van der Waals surface area contributed by atoms with Crippen molar-refractivity contribution in [3.63, 3.8) is 0 Å². The fourth-order valence-corrected chi connectivity index (χ4v) is 2.72. The van der Waals surface area contributed by atoms with E-state index in [1.54, 1.807) is 12.1 Å². The van der Waals surface area contributed by atoms with E-state index in [1.807, 2.05) is 37.3 Å². The first-order chi connectivity index (χ1) is 13.0. The number of hydrogen-bond acceptors (Lipinski definition) is 5. The van der Waals surface area contributed by atoms with Gasteiger partial charge in [-0.3, -0.25) is 4.79 Å². The number of aromatic hydroxyl groups is 1. The molecule has 0 aliphatic heterocycles. The molecule has 6 heteroatoms. The third-order valence-electron chi connectivity index (χ3n) is 4.19. The zero-order valence-corrected chi connectivity index (χ0v) is 15.0. The number of carboxylic acids is 1. The van der Waals surface area contributed by atoms with Crippen LogP contribution in [0.25, 0.3) is 11.5 Å². The molecule has 0 aliphatic carbocycles. The lowest BCUT2D eigenvalue weighted by Crippen LogP contribution is -2.03. The number of nitrogens with zero attached hydrogens (tertiary/aromatic N) is 1. The number of phenolic OH excluding ortho intramolecular Hbond substituents is 1. The molecule has 1 heterocycles. The van der Waals surface area contributed by atoms with Crippen LogP contribution in [0.15, 0.2) is 52.9 Å². The Morgan fingerprint density at radius 2 is 1.93 bits per heavy atom. The summed E-state index contributed by atoms with van der Waals surface area (Å²) in [5.41, 5.74) is 2.34. The minimum Gasteiger partial charge on any atom is -0.508 e. The molecule has 0 radical (unpaired) electrons. The number of aryl methyl sites for hydroxylation is 2. The van der Waals surface area contributed by atoms with Crippen LogP contribution >= 0.6 is 0 Å². The lowest BCUT2D eigenvalue weighted by atomic mass is 10.1. The smallest absolute Gasteiger partial charge is 0.303 e. The third kappa shape index (κ3) is 4.88. The van der Waals surface area contributed by atoms with Crippen LogP contribution in [0.2, 0.25) is 0 Å². The topological polar surface area (TPSA) is 92.8 Å². The lowest BCUT2D eigenvalue weighted by molar-refractivity contribution is -0.136. The molecule has 3 rings (SSSR count). The summed E-state index contributed by atoms with van der Waals surface area (Å²) in [5.74, 6) is 1.01. The summed E-state index contributed by atoms with van der Waals surface area (Å²) in [6.07, 6.45) is 0.828. The summed E-state index contributed by atoms with van der Waals surface area (Å²) in [4.78, 5) is 15.2. The molecule has 3 aromatic rings. The number of aromatic nitrogens is 1. The van der Waals surface area contributed by atoms with Crippen molar-refractivity contribution in [3.05, 3.63) is 65.5 Å². The number of benzene rings is 2. The highest BCUT2D eigenvalue weighted by molar-refractivity contribution is 5.67. The van der Waals surface area contributed by atoms with Crippen molar-refractivity contribution in [1.82, 2.24) is 4.98 Å². The standard InChI is InChI=1S/C21H21NO5/c1-14-18(22-21(27-14)16-5-3-2-4-6-16)11-12-26-17-9-7-15(19(23)13-17)8-10-20(24)25/h2-7,9,13,23H,8,10-12H2,1H3,(H,24,25). The Labute approximate surface area is 157 Å². The SMILES string of the molecule is Cc1oc(-c2ccccc2)nc1CCOc1ccc(CCC(=O)O)c(O)c1. The predicted molar refractivity (Wildman–Crippen MR) is 99.9 cm³/mol. The number of aliphatic carboxylic acids is 1. The average molecular weight is 367 g/mol. The summed E-state index contributed by atoms with van der Waals surface area (Å²) < 4.78 is 11.4. The van der Waals surface area contributed by atoms with E-state index in [4.69, 9.17) is 14.3 Å². The third-order valence-corrected chi connectivity index (χ3v) is 4.19. The van der Waals surface area contributed by atoms with Crippen molar-refractivity contribution >= 4 is 5.97 Å². The fourth-order valence-electron chi connectivity index (χ4n) is 2.72. The van der Waals surface area contributed by atoms with Crippen LogP contribution in [0.3, 0.4) is 0 Å². The lowest BCUT2D eigenvalue weighted by Gasteiger charge is -2.08. The zero-order valence-electron chi connectivity index (χ0n) is 15.0. The first kappa shape index (κ1) is 18.5. The Kier molecular flexibility index (Phi) is 5.76. The van der Waals surface area contributed by atoms with Gasteiger partial charge in [-0.25, -0.2) is 4.98 Å². The minimum absolute atomic E-state index is 0.0249. The molecular formula is C21H21NO5. The molecule has 0 aliphatic rings. The van der Waals surface area contributed by atoms with Crippen LogP contribution in [0.4, 0.5) is 0 Å². The van der Waals surface area contributed by atoms with Crippen LogP contribution in [0, 0.1) is 6.92 Å². The van der Waals surface area contributed by atoms with E-state index in [0.717, 1.165) is 17.0 Å². The Morgan fingerprint density at radius 3 is 2.63 bits per heavy atom. The second kappa shape index (κ2) is 8.40. The average Bonchev–Trinajstić information content (AvgIpc) is 3.02. The minimum atomic E-state index is -0.896. The van der Waals surface area contributed by atoms with Crippen molar-refractivity contribution in [2.75, 3.05) is 6.61 Å². The first-order valence-electron chi connectivity index (χ1n) is 8.71. The van der Waals surface area contributed by atoms with Gasteiger partial charge in [-0.2, -0.15) is 0 Å². The Hall–Kier alpha value is -3.28. The van der Waals surface area contributed by atoms with Gasteiger partial charge in [0.05, 0.1) is 12.3 Å². The molecule has 0 saturated heterocycles. The molecule has 2 N–H and O–H groups in total. The normalized spacial score (nSPS) is 10.7. The number of carboxylic acid groups (broad SMARTS) is 1. The highest BCUT2D eigenvalue weighted by atomic mass is 16.5. The van der Waals surface area contributed by atoms with Crippen molar-refractivity contribution in [3.8, 4) is 23.0 Å². The Morgan fingerprint density at radius 1 is 1.15 bits per heavy atom. The van der Waals surface area contributed by atoms with E-state index in [2.05, 4.69) is 4.98 Å². The molecule has 0 spiro atoms. The van der Waals surface area contributed by atoms with E-state index in [1.165, 1.54) is 6.07 Å². The summed E-state index contributed by atoms with van der Waals surface area (Å²) in [6.45, 7) is 2.26. The Balaban J connectivity index is 1.58. The van der Waals surface area contributed by atoms with Crippen LogP contribution in [-0.4, -0.2) is 27.8 Å². The molecule has 2 aromatic carbocycles. The summed E-state index contributed by atoms with van der Waals surface area (Å²) in [7, 11) is 0. The van der Waals surface area contributed by atoms with Crippen LogP contribution < -0.4 is 4.74 Å². The highest BCUT2D eigenvalue weighted by Crippen LogP contribution is 2.25. The van der Waals surface area contributed by atoms with Crippen LogP contribution in [-0.2, 0) is 17.6 Å². The van der Waals surface area contributed by atoms with Crippen molar-refractivity contribution in [2.24, 2.45) is 0 Å². The molecular weight excluding hydrogens is 346 g/mol. The van der Waals surface area contributed by atoms with E-state index in [-0.39, 0.29) is 18.6 Å². The molecule has 140 valence electrons. The molecule has 0 amide bonds. The van der Waals surface area contributed by atoms with Crippen molar-refractivity contribution in [2.45, 2.75) is 26.2 Å². The van der Waals surface area contributed by atoms with Gasteiger partial charge in [0.25, 0.3) is 0 Å². The van der Waals surface area contributed by atoms with Gasteiger partial charge in [-0.05, 0) is 37.1 Å². The van der Waals surface area contributed by atoms with Gasteiger partial charge in [-0.15, -0.1) is 0 Å². The number of rotatable bonds is 8. The van der Waals surface area contributed by atoms with Gasteiger partial charge in [0.1, 0.15) is 17.3 Å². The second-order valence-electron chi connectivity index (χ2n) is 6.17. The molecule has 0 fully saturated rings. The van der Waals surface area contributed by atoms with Gasteiger partial charge >= 0.3 is 5.97 Å². The molecule has 0 saturated carbocycles. The van der Waals surface area contributed by atoms with Gasteiger partial charge in [0, 0.05) is 24.5 Å². The Bertz CT molecular complexity index is 918. The van der Waals surface area contributed by atoms with E-state index in [0.29, 0.717) is 30.2 Å². The van der Waals surface area contributed by atoms with Gasteiger partial charge < -0.3 is 19.4 Å². The molecule has 0 unspecified atom stereocenters. The highest BCUT2D eigenvalue weighted by Gasteiger charge is 2.12. The number of phenols is 1. The maximum absolute atomic E-state index is 10.6. The van der Waals surface area contributed by atoms with Crippen molar-refractivity contribution in [1.29, 1.82) is 0 Å². The molecule has 6 nitrogen and oxygen atoms in total. The summed E-state index contributed by atoms with van der Waals surface area (Å²) in [6, 6.07) is 14.6. The van der Waals surface area contributed by atoms with Crippen LogP contribution in [0.5, 0.6) is 11.5 Å².